The summed E-state index contributed by atoms with van der Waals surface area (Å²) in [5, 5.41) is -0.516. The molecule has 0 radical (unpaired) electrons. The van der Waals surface area contributed by atoms with E-state index >= 15 is 0 Å². The van der Waals surface area contributed by atoms with Gasteiger partial charge in [0.2, 0.25) is 0 Å². The van der Waals surface area contributed by atoms with Gasteiger partial charge in [0.15, 0.2) is 0 Å². The number of carbonyl (C=O) groups excluding carboxylic acids is 1. The highest BCUT2D eigenvalue weighted by atomic mass is 35.5. The van der Waals surface area contributed by atoms with Crippen molar-refractivity contribution in [3.8, 4) is 0 Å². The smallest absolute Gasteiger partial charge is 0.252 e. The van der Waals surface area contributed by atoms with Gasteiger partial charge in [0.05, 0.1) is 0 Å². The van der Waals surface area contributed by atoms with Crippen molar-refractivity contribution in [1.82, 2.24) is 0 Å². The van der Waals surface area contributed by atoms with Crippen molar-refractivity contribution in [3.05, 3.63) is 60.3 Å². The molecule has 0 saturated carbocycles. The summed E-state index contributed by atoms with van der Waals surface area (Å²) in [6.45, 7) is 11.1. The first kappa shape index (κ1) is 13.7. The third-order valence-corrected chi connectivity index (χ3v) is 1.94. The van der Waals surface area contributed by atoms with Crippen LogP contribution in [0.1, 0.15) is 13.8 Å². The maximum absolute atomic E-state index is 11.0. The lowest BCUT2D eigenvalue weighted by Gasteiger charge is -2.01. The van der Waals surface area contributed by atoms with E-state index in [1.54, 1.807) is 6.08 Å². The van der Waals surface area contributed by atoms with E-state index in [1.165, 1.54) is 6.08 Å². The Morgan fingerprint density at radius 1 is 1.33 bits per heavy atom. The van der Waals surface area contributed by atoms with E-state index in [2.05, 4.69) is 13.2 Å². The molecule has 0 aromatic rings. The average molecular weight is 223 g/mol. The largest absolute Gasteiger partial charge is 0.276 e. The second-order valence-corrected chi connectivity index (χ2v) is 3.35. The molecular weight excluding hydrogens is 208 g/mol. The first-order valence-electron chi connectivity index (χ1n) is 4.55. The van der Waals surface area contributed by atoms with E-state index in [0.717, 1.165) is 11.1 Å². The number of carbonyl (C=O) groups is 1. The summed E-state index contributed by atoms with van der Waals surface area (Å²) in [6, 6.07) is 0. The fraction of sp³-hybridized carbons (Fsp3) is 0.154. The third-order valence-electron chi connectivity index (χ3n) is 1.72. The molecule has 0 aromatic carbocycles. The fourth-order valence-electron chi connectivity index (χ4n) is 0.877. The molecule has 15 heavy (non-hydrogen) atoms. The summed E-state index contributed by atoms with van der Waals surface area (Å²) in [5.74, 6) is 0. The minimum Gasteiger partial charge on any atom is -0.276 e. The molecule has 0 amide bonds. The molecule has 0 unspecified atom stereocenters. The van der Waals surface area contributed by atoms with Gasteiger partial charge in [0, 0.05) is 5.57 Å². The maximum Gasteiger partial charge on any atom is 0.252 e. The van der Waals surface area contributed by atoms with E-state index in [4.69, 9.17) is 11.6 Å². The molecule has 0 N–H and O–H groups in total. The molecule has 0 heterocycles. The monoisotopic (exact) mass is 222 g/mol. The molecule has 1 nitrogen and oxygen atoms in total. The minimum absolute atomic E-state index is 0.371. The maximum atomic E-state index is 11.0. The topological polar surface area (TPSA) is 17.1 Å². The zero-order valence-corrected chi connectivity index (χ0v) is 9.84. The van der Waals surface area contributed by atoms with Crippen LogP contribution in [-0.4, -0.2) is 5.24 Å². The standard InChI is InChI=1S/C13H15ClO/c1-5-7-8-12(10(3)4)9-11(6-2)13(14)15/h5-9H,2-3H2,1,4H3/b7-5-,11-9+,12-8-. The summed E-state index contributed by atoms with van der Waals surface area (Å²) >= 11 is 5.37. The lowest BCUT2D eigenvalue weighted by molar-refractivity contribution is -0.108. The third kappa shape index (κ3) is 5.18. The molecular formula is C13H15ClO. The van der Waals surface area contributed by atoms with Gasteiger partial charge in [-0.2, -0.15) is 0 Å². The molecule has 0 spiro atoms. The van der Waals surface area contributed by atoms with E-state index in [1.807, 2.05) is 32.1 Å². The van der Waals surface area contributed by atoms with Crippen LogP contribution in [0.15, 0.2) is 60.3 Å². The van der Waals surface area contributed by atoms with Crippen molar-refractivity contribution in [2.45, 2.75) is 13.8 Å². The fourth-order valence-corrected chi connectivity index (χ4v) is 1.01. The zero-order chi connectivity index (χ0) is 11.8. The number of allylic oxidation sites excluding steroid dienone is 8. The first-order chi connectivity index (χ1) is 7.02. The molecule has 0 aliphatic rings. The van der Waals surface area contributed by atoms with Crippen LogP contribution >= 0.6 is 11.6 Å². The number of rotatable bonds is 5. The summed E-state index contributed by atoms with van der Waals surface area (Å²) in [4.78, 5) is 11.0. The number of halogens is 1. The van der Waals surface area contributed by atoms with E-state index in [-0.39, 0.29) is 0 Å². The van der Waals surface area contributed by atoms with Crippen molar-refractivity contribution < 1.29 is 4.79 Å². The highest BCUT2D eigenvalue weighted by Crippen LogP contribution is 2.14. The Balaban J connectivity index is 5.20. The molecule has 0 rings (SSSR count). The van der Waals surface area contributed by atoms with Crippen LogP contribution in [0.4, 0.5) is 0 Å². The summed E-state index contributed by atoms with van der Waals surface area (Å²) < 4.78 is 0. The summed E-state index contributed by atoms with van der Waals surface area (Å²) in [7, 11) is 0. The molecule has 0 aliphatic heterocycles. The number of hydrogen-bond acceptors (Lipinski definition) is 1. The molecule has 0 saturated heterocycles. The Bertz CT molecular complexity index is 357. The van der Waals surface area contributed by atoms with E-state index in [9.17, 15) is 4.79 Å². The number of hydrogen-bond donors (Lipinski definition) is 0. The predicted molar refractivity (Wildman–Crippen MR) is 66.9 cm³/mol. The molecule has 0 fully saturated rings. The van der Waals surface area contributed by atoms with Gasteiger partial charge in [-0.15, -0.1) is 0 Å². The first-order valence-corrected chi connectivity index (χ1v) is 4.93. The van der Waals surface area contributed by atoms with Crippen molar-refractivity contribution in [1.29, 1.82) is 0 Å². The Hall–Kier alpha value is -1.34. The van der Waals surface area contributed by atoms with Crippen molar-refractivity contribution in [3.63, 3.8) is 0 Å². The Kier molecular flexibility index (Phi) is 6.39. The summed E-state index contributed by atoms with van der Waals surface area (Å²) in [5.41, 5.74) is 2.10. The predicted octanol–water partition coefficient (Wildman–Crippen LogP) is 3.94. The van der Waals surface area contributed by atoms with Crippen LogP contribution in [0.25, 0.3) is 0 Å². The molecule has 0 aliphatic carbocycles. The minimum atomic E-state index is -0.516. The molecule has 80 valence electrons. The molecule has 0 aromatic heterocycles. The van der Waals surface area contributed by atoms with Gasteiger partial charge < -0.3 is 0 Å². The quantitative estimate of drug-likeness (QED) is 0.391. The van der Waals surface area contributed by atoms with Crippen molar-refractivity contribution >= 4 is 16.8 Å². The summed E-state index contributed by atoms with van der Waals surface area (Å²) in [6.07, 6.45) is 8.74. The van der Waals surface area contributed by atoms with Crippen LogP contribution in [0.3, 0.4) is 0 Å². The van der Waals surface area contributed by atoms with Crippen LogP contribution in [0.2, 0.25) is 0 Å². The van der Waals surface area contributed by atoms with Crippen molar-refractivity contribution in [2.24, 2.45) is 0 Å². The van der Waals surface area contributed by atoms with Crippen LogP contribution in [0, 0.1) is 0 Å². The van der Waals surface area contributed by atoms with E-state index in [0.29, 0.717) is 5.57 Å². The Morgan fingerprint density at radius 2 is 1.93 bits per heavy atom. The highest BCUT2D eigenvalue weighted by molar-refractivity contribution is 6.68. The molecule has 2 heteroatoms. The lowest BCUT2D eigenvalue weighted by atomic mass is 10.1. The van der Waals surface area contributed by atoms with Crippen LogP contribution in [-0.2, 0) is 4.79 Å². The van der Waals surface area contributed by atoms with E-state index < -0.39 is 5.24 Å². The highest BCUT2D eigenvalue weighted by Gasteiger charge is 2.02. The van der Waals surface area contributed by atoms with Gasteiger partial charge in [-0.25, -0.2) is 0 Å². The van der Waals surface area contributed by atoms with Crippen LogP contribution in [0.5, 0.6) is 0 Å². The van der Waals surface area contributed by atoms with Gasteiger partial charge in [-0.05, 0) is 37.1 Å². The second-order valence-electron chi connectivity index (χ2n) is 3.01. The normalized spacial score (nSPS) is 13.0. The van der Waals surface area contributed by atoms with Crippen LogP contribution < -0.4 is 0 Å². The van der Waals surface area contributed by atoms with Crippen molar-refractivity contribution in [2.75, 3.05) is 0 Å². The average Bonchev–Trinajstić information content (AvgIpc) is 2.17. The Morgan fingerprint density at radius 3 is 2.27 bits per heavy atom. The Labute approximate surface area is 96.1 Å². The SMILES string of the molecule is C=C\C(=C/C(=C/C=C\C)C(=C)C)C(=O)Cl. The van der Waals surface area contributed by atoms with Gasteiger partial charge in [-0.3, -0.25) is 4.79 Å². The van der Waals surface area contributed by atoms with Gasteiger partial charge in [0.1, 0.15) is 0 Å². The zero-order valence-electron chi connectivity index (χ0n) is 9.09. The van der Waals surface area contributed by atoms with Gasteiger partial charge in [0.25, 0.3) is 5.24 Å². The molecule has 0 bridgehead atoms. The van der Waals surface area contributed by atoms with Gasteiger partial charge >= 0.3 is 0 Å². The molecule has 0 atom stereocenters. The van der Waals surface area contributed by atoms with Gasteiger partial charge in [-0.1, -0.05) is 43.0 Å². The lowest BCUT2D eigenvalue weighted by Crippen LogP contribution is -1.91. The second kappa shape index (κ2) is 7.02.